The molecule has 1 aromatic rings. The third-order valence-corrected chi connectivity index (χ3v) is 3.70. The molecular formula is C10H15NOS. The van der Waals surface area contributed by atoms with Crippen LogP contribution in [0.15, 0.2) is 11.4 Å². The third-order valence-electron chi connectivity index (χ3n) is 3.14. The molecule has 13 heavy (non-hydrogen) atoms. The smallest absolute Gasteiger partial charge is 0.110 e. The minimum atomic E-state index is -0.641. The zero-order valence-electron chi connectivity index (χ0n) is 7.86. The van der Waals surface area contributed by atoms with E-state index in [2.05, 4.69) is 11.3 Å². The maximum atomic E-state index is 10.4. The molecule has 2 unspecified atom stereocenters. The fraction of sp³-hybridized carbons (Fsp3) is 0.700. The number of rotatable bonds is 1. The summed E-state index contributed by atoms with van der Waals surface area (Å²) in [6.45, 7) is 2.12. The standard InChI is InChI=1S/C10H15NOS/c1-8-4-2-3-6-10(8,12)9-5-7-13-11-9/h5,7-8,12H,2-4,6H2,1H3. The van der Waals surface area contributed by atoms with Crippen LogP contribution in [0.5, 0.6) is 0 Å². The van der Waals surface area contributed by atoms with Gasteiger partial charge in [-0.3, -0.25) is 0 Å². The lowest BCUT2D eigenvalue weighted by molar-refractivity contribution is -0.0498. The van der Waals surface area contributed by atoms with Gasteiger partial charge >= 0.3 is 0 Å². The van der Waals surface area contributed by atoms with Crippen molar-refractivity contribution in [2.75, 3.05) is 0 Å². The Hall–Kier alpha value is -0.410. The first-order valence-electron chi connectivity index (χ1n) is 4.87. The van der Waals surface area contributed by atoms with Crippen LogP contribution >= 0.6 is 11.5 Å². The quantitative estimate of drug-likeness (QED) is 0.750. The molecule has 0 bridgehead atoms. The SMILES string of the molecule is CC1CCCCC1(O)c1ccsn1. The van der Waals surface area contributed by atoms with E-state index in [1.54, 1.807) is 0 Å². The highest BCUT2D eigenvalue weighted by Gasteiger charge is 2.39. The van der Waals surface area contributed by atoms with Gasteiger partial charge in [0.2, 0.25) is 0 Å². The second kappa shape index (κ2) is 3.39. The fourth-order valence-electron chi connectivity index (χ4n) is 2.15. The first-order valence-corrected chi connectivity index (χ1v) is 5.70. The summed E-state index contributed by atoms with van der Waals surface area (Å²) in [5.41, 5.74) is 0.239. The topological polar surface area (TPSA) is 33.1 Å². The van der Waals surface area contributed by atoms with Gasteiger partial charge in [0.1, 0.15) is 5.60 Å². The molecule has 2 atom stereocenters. The van der Waals surface area contributed by atoms with Crippen LogP contribution in [-0.4, -0.2) is 9.48 Å². The molecule has 1 N–H and O–H groups in total. The van der Waals surface area contributed by atoms with Crippen LogP contribution in [0.1, 0.15) is 38.3 Å². The first kappa shape index (κ1) is 9.16. The van der Waals surface area contributed by atoms with Crippen molar-refractivity contribution in [3.63, 3.8) is 0 Å². The summed E-state index contributed by atoms with van der Waals surface area (Å²) >= 11 is 1.42. The second-order valence-electron chi connectivity index (χ2n) is 3.96. The molecule has 0 aromatic carbocycles. The van der Waals surface area contributed by atoms with E-state index >= 15 is 0 Å². The average Bonchev–Trinajstić information content (AvgIpc) is 2.63. The van der Waals surface area contributed by atoms with Gasteiger partial charge in [0, 0.05) is 5.38 Å². The first-order chi connectivity index (χ1) is 6.23. The van der Waals surface area contributed by atoms with Gasteiger partial charge in [-0.05, 0) is 36.4 Å². The highest BCUT2D eigenvalue weighted by Crippen LogP contribution is 2.40. The lowest BCUT2D eigenvalue weighted by Crippen LogP contribution is -2.36. The number of aliphatic hydroxyl groups is 1. The Bertz CT molecular complexity index is 272. The van der Waals surface area contributed by atoms with Gasteiger partial charge in [0.25, 0.3) is 0 Å². The number of aromatic nitrogens is 1. The van der Waals surface area contributed by atoms with Crippen molar-refractivity contribution in [1.29, 1.82) is 0 Å². The summed E-state index contributed by atoms with van der Waals surface area (Å²) in [4.78, 5) is 0. The van der Waals surface area contributed by atoms with Crippen molar-refractivity contribution in [3.8, 4) is 0 Å². The summed E-state index contributed by atoms with van der Waals surface area (Å²) < 4.78 is 4.25. The van der Waals surface area contributed by atoms with Crippen molar-refractivity contribution >= 4 is 11.5 Å². The van der Waals surface area contributed by atoms with E-state index in [0.717, 1.165) is 25.0 Å². The zero-order valence-corrected chi connectivity index (χ0v) is 8.68. The Labute approximate surface area is 82.8 Å². The zero-order chi connectivity index (χ0) is 9.31. The molecule has 1 fully saturated rings. The highest BCUT2D eigenvalue weighted by molar-refractivity contribution is 7.03. The van der Waals surface area contributed by atoms with Gasteiger partial charge in [0.05, 0.1) is 5.69 Å². The summed E-state index contributed by atoms with van der Waals surface area (Å²) in [7, 11) is 0. The summed E-state index contributed by atoms with van der Waals surface area (Å²) in [5, 5.41) is 12.4. The van der Waals surface area contributed by atoms with Crippen molar-refractivity contribution in [2.45, 2.75) is 38.2 Å². The minimum Gasteiger partial charge on any atom is -0.383 e. The Morgan fingerprint density at radius 2 is 2.46 bits per heavy atom. The number of hydrogen-bond donors (Lipinski definition) is 1. The monoisotopic (exact) mass is 197 g/mol. The predicted molar refractivity (Wildman–Crippen MR) is 53.6 cm³/mol. The Balaban J connectivity index is 2.27. The largest absolute Gasteiger partial charge is 0.383 e. The van der Waals surface area contributed by atoms with E-state index in [4.69, 9.17) is 0 Å². The van der Waals surface area contributed by atoms with Gasteiger partial charge in [0.15, 0.2) is 0 Å². The summed E-state index contributed by atoms with van der Waals surface area (Å²) in [5.74, 6) is 0.350. The molecule has 1 aliphatic carbocycles. The lowest BCUT2D eigenvalue weighted by atomic mass is 9.74. The van der Waals surface area contributed by atoms with E-state index < -0.39 is 5.60 Å². The summed E-state index contributed by atoms with van der Waals surface area (Å²) in [6, 6.07) is 1.95. The van der Waals surface area contributed by atoms with Crippen molar-refractivity contribution in [1.82, 2.24) is 4.37 Å². The van der Waals surface area contributed by atoms with Crippen molar-refractivity contribution in [3.05, 3.63) is 17.1 Å². The normalized spacial score (nSPS) is 34.8. The van der Waals surface area contributed by atoms with Crippen molar-refractivity contribution in [2.24, 2.45) is 5.92 Å². The number of hydrogen-bond acceptors (Lipinski definition) is 3. The van der Waals surface area contributed by atoms with E-state index in [-0.39, 0.29) is 0 Å². The van der Waals surface area contributed by atoms with Gasteiger partial charge in [-0.2, -0.15) is 4.37 Å². The Morgan fingerprint density at radius 1 is 1.62 bits per heavy atom. The van der Waals surface area contributed by atoms with Gasteiger partial charge in [-0.1, -0.05) is 19.8 Å². The molecular weight excluding hydrogens is 182 g/mol. The van der Waals surface area contributed by atoms with E-state index in [0.29, 0.717) is 5.92 Å². The fourth-order valence-corrected chi connectivity index (χ4v) is 2.73. The molecule has 0 saturated heterocycles. The predicted octanol–water partition coefficient (Wildman–Crippen LogP) is 2.54. The van der Waals surface area contributed by atoms with Crippen LogP contribution in [0, 0.1) is 5.92 Å². The molecule has 72 valence electrons. The highest BCUT2D eigenvalue weighted by atomic mass is 32.1. The molecule has 1 saturated carbocycles. The van der Waals surface area contributed by atoms with Gasteiger partial charge < -0.3 is 5.11 Å². The minimum absolute atomic E-state index is 0.350. The molecule has 0 spiro atoms. The Morgan fingerprint density at radius 3 is 3.08 bits per heavy atom. The molecule has 2 rings (SSSR count). The molecule has 1 aromatic heterocycles. The van der Waals surface area contributed by atoms with Crippen LogP contribution in [0.2, 0.25) is 0 Å². The van der Waals surface area contributed by atoms with Crippen LogP contribution in [0.3, 0.4) is 0 Å². The van der Waals surface area contributed by atoms with Gasteiger partial charge in [-0.15, -0.1) is 0 Å². The molecule has 0 amide bonds. The molecule has 0 radical (unpaired) electrons. The molecule has 1 aliphatic rings. The van der Waals surface area contributed by atoms with Crippen molar-refractivity contribution < 1.29 is 5.11 Å². The third kappa shape index (κ3) is 1.51. The van der Waals surface area contributed by atoms with Crippen LogP contribution < -0.4 is 0 Å². The van der Waals surface area contributed by atoms with Crippen LogP contribution in [-0.2, 0) is 5.60 Å². The van der Waals surface area contributed by atoms with Crippen LogP contribution in [0.25, 0.3) is 0 Å². The van der Waals surface area contributed by atoms with Gasteiger partial charge in [-0.25, -0.2) is 0 Å². The average molecular weight is 197 g/mol. The van der Waals surface area contributed by atoms with E-state index in [1.165, 1.54) is 18.0 Å². The number of nitrogens with zero attached hydrogens (tertiary/aromatic N) is 1. The molecule has 0 aliphatic heterocycles. The second-order valence-corrected chi connectivity index (χ2v) is 4.62. The summed E-state index contributed by atoms with van der Waals surface area (Å²) in [6.07, 6.45) is 4.36. The van der Waals surface area contributed by atoms with Crippen LogP contribution in [0.4, 0.5) is 0 Å². The maximum absolute atomic E-state index is 10.4. The molecule has 2 nitrogen and oxygen atoms in total. The molecule has 3 heteroatoms. The Kier molecular flexibility index (Phi) is 2.39. The van der Waals surface area contributed by atoms with E-state index in [1.807, 2.05) is 11.4 Å². The lowest BCUT2D eigenvalue weighted by Gasteiger charge is -2.36. The maximum Gasteiger partial charge on any atom is 0.110 e. The van der Waals surface area contributed by atoms with E-state index in [9.17, 15) is 5.11 Å². The molecule has 1 heterocycles.